The van der Waals surface area contributed by atoms with Gasteiger partial charge in [0.2, 0.25) is 0 Å². The van der Waals surface area contributed by atoms with Crippen molar-refractivity contribution in [2.45, 2.75) is 59.3 Å². The maximum Gasteiger partial charge on any atom is -0.0271 e. The topological polar surface area (TPSA) is 0 Å². The van der Waals surface area contributed by atoms with Gasteiger partial charge in [-0.05, 0) is 24.2 Å². The van der Waals surface area contributed by atoms with Crippen LogP contribution in [0.3, 0.4) is 0 Å². The Labute approximate surface area is 71.4 Å². The van der Waals surface area contributed by atoms with Crippen LogP contribution in [0.15, 0.2) is 0 Å². The highest BCUT2D eigenvalue weighted by Gasteiger charge is 2.45. The Balaban J connectivity index is 2.40. The molecule has 11 heavy (non-hydrogen) atoms. The average molecular weight is 154 g/mol. The Morgan fingerprint density at radius 2 is 1.82 bits per heavy atom. The normalized spacial score (nSPS) is 23.2. The van der Waals surface area contributed by atoms with Crippen LogP contribution in [0.1, 0.15) is 59.3 Å². The molecule has 0 amide bonds. The van der Waals surface area contributed by atoms with E-state index in [0.29, 0.717) is 0 Å². The predicted octanol–water partition coefficient (Wildman–Crippen LogP) is 4.00. The molecule has 0 radical (unpaired) electrons. The molecule has 1 aliphatic carbocycles. The van der Waals surface area contributed by atoms with Crippen molar-refractivity contribution in [1.29, 1.82) is 0 Å². The summed E-state index contributed by atoms with van der Waals surface area (Å²) in [6, 6.07) is 0. The van der Waals surface area contributed by atoms with Crippen LogP contribution in [0.4, 0.5) is 0 Å². The fraction of sp³-hybridized carbons (Fsp3) is 1.00. The number of hydrogen-bond donors (Lipinski definition) is 0. The van der Waals surface area contributed by atoms with Crippen molar-refractivity contribution in [3.8, 4) is 0 Å². The average Bonchev–Trinajstić information content (AvgIpc) is 2.81. The summed E-state index contributed by atoms with van der Waals surface area (Å²) in [4.78, 5) is 0. The fourth-order valence-electron chi connectivity index (χ4n) is 2.50. The minimum absolute atomic E-state index is 0.810. The Bertz CT molecular complexity index is 111. The second-order valence-electron chi connectivity index (χ2n) is 4.11. The molecule has 0 aromatic heterocycles. The zero-order valence-electron chi connectivity index (χ0n) is 8.32. The van der Waals surface area contributed by atoms with Crippen LogP contribution in [-0.2, 0) is 0 Å². The molecule has 1 atom stereocenters. The number of rotatable bonds is 5. The maximum absolute atomic E-state index is 2.37. The lowest BCUT2D eigenvalue weighted by molar-refractivity contribution is 0.268. The molecule has 0 N–H and O–H groups in total. The first-order chi connectivity index (χ1) is 5.29. The Kier molecular flexibility index (Phi) is 2.98. The van der Waals surface area contributed by atoms with E-state index in [1.807, 2.05) is 0 Å². The molecule has 0 aromatic carbocycles. The lowest BCUT2D eigenvalue weighted by atomic mass is 9.82. The molecule has 1 rings (SSSR count). The molecular weight excluding hydrogens is 132 g/mol. The maximum atomic E-state index is 2.37. The molecule has 0 aromatic rings. The first kappa shape index (κ1) is 9.09. The lowest BCUT2D eigenvalue weighted by Gasteiger charge is -2.24. The molecule has 1 aliphatic rings. The van der Waals surface area contributed by atoms with Crippen LogP contribution in [-0.4, -0.2) is 0 Å². The van der Waals surface area contributed by atoms with Gasteiger partial charge in [0.1, 0.15) is 0 Å². The van der Waals surface area contributed by atoms with Crippen LogP contribution in [0, 0.1) is 11.3 Å². The van der Waals surface area contributed by atoms with E-state index in [-0.39, 0.29) is 0 Å². The van der Waals surface area contributed by atoms with E-state index in [2.05, 4.69) is 20.8 Å². The summed E-state index contributed by atoms with van der Waals surface area (Å²) in [5.41, 5.74) is 0.810. The fourth-order valence-corrected chi connectivity index (χ4v) is 2.50. The van der Waals surface area contributed by atoms with Gasteiger partial charge in [0, 0.05) is 0 Å². The van der Waals surface area contributed by atoms with Gasteiger partial charge in [-0.25, -0.2) is 0 Å². The second kappa shape index (κ2) is 3.60. The van der Waals surface area contributed by atoms with Gasteiger partial charge in [0.05, 0.1) is 0 Å². The highest BCUT2D eigenvalue weighted by Crippen LogP contribution is 2.56. The summed E-state index contributed by atoms with van der Waals surface area (Å²) in [6.45, 7) is 7.04. The first-order valence-electron chi connectivity index (χ1n) is 5.29. The van der Waals surface area contributed by atoms with E-state index in [0.717, 1.165) is 11.3 Å². The van der Waals surface area contributed by atoms with Crippen LogP contribution < -0.4 is 0 Å². The Morgan fingerprint density at radius 1 is 1.18 bits per heavy atom. The Morgan fingerprint density at radius 3 is 2.09 bits per heavy atom. The third-order valence-corrected chi connectivity index (χ3v) is 3.59. The summed E-state index contributed by atoms with van der Waals surface area (Å²) in [7, 11) is 0. The SMILES string of the molecule is CCCC(CC)C1(CC)CC1. The van der Waals surface area contributed by atoms with Crippen molar-refractivity contribution < 1.29 is 0 Å². The van der Waals surface area contributed by atoms with Crippen LogP contribution in [0.5, 0.6) is 0 Å². The first-order valence-corrected chi connectivity index (χ1v) is 5.29. The largest absolute Gasteiger partial charge is 0.0654 e. The molecule has 0 bridgehead atoms. The highest BCUT2D eigenvalue weighted by atomic mass is 14.5. The molecular formula is C11H22. The van der Waals surface area contributed by atoms with Gasteiger partial charge in [-0.15, -0.1) is 0 Å². The van der Waals surface area contributed by atoms with Gasteiger partial charge in [-0.1, -0.05) is 46.5 Å². The second-order valence-corrected chi connectivity index (χ2v) is 4.11. The standard InChI is InChI=1S/C11H22/c1-4-7-10(5-2)11(6-3)8-9-11/h10H,4-9H2,1-3H3. The van der Waals surface area contributed by atoms with Crippen molar-refractivity contribution in [2.24, 2.45) is 11.3 Å². The predicted molar refractivity (Wildman–Crippen MR) is 50.6 cm³/mol. The van der Waals surface area contributed by atoms with Crippen molar-refractivity contribution >= 4 is 0 Å². The van der Waals surface area contributed by atoms with E-state index < -0.39 is 0 Å². The van der Waals surface area contributed by atoms with Crippen molar-refractivity contribution in [2.75, 3.05) is 0 Å². The smallest absolute Gasteiger partial charge is 0.0271 e. The molecule has 66 valence electrons. The van der Waals surface area contributed by atoms with Crippen LogP contribution in [0.25, 0.3) is 0 Å². The third kappa shape index (κ3) is 1.77. The lowest BCUT2D eigenvalue weighted by Crippen LogP contribution is -2.13. The van der Waals surface area contributed by atoms with Crippen LogP contribution >= 0.6 is 0 Å². The summed E-state index contributed by atoms with van der Waals surface area (Å²) in [5, 5.41) is 0. The highest BCUT2D eigenvalue weighted by molar-refractivity contribution is 4.96. The molecule has 0 spiro atoms. The van der Waals surface area contributed by atoms with E-state index in [1.54, 1.807) is 0 Å². The third-order valence-electron chi connectivity index (χ3n) is 3.59. The monoisotopic (exact) mass is 154 g/mol. The molecule has 0 saturated heterocycles. The van der Waals surface area contributed by atoms with E-state index >= 15 is 0 Å². The van der Waals surface area contributed by atoms with E-state index in [1.165, 1.54) is 38.5 Å². The van der Waals surface area contributed by atoms with Gasteiger partial charge >= 0.3 is 0 Å². The van der Waals surface area contributed by atoms with Gasteiger partial charge in [0.15, 0.2) is 0 Å². The summed E-state index contributed by atoms with van der Waals surface area (Å²) < 4.78 is 0. The summed E-state index contributed by atoms with van der Waals surface area (Å²) in [6.07, 6.45) is 8.70. The Hall–Kier alpha value is 0. The number of hydrogen-bond acceptors (Lipinski definition) is 0. The van der Waals surface area contributed by atoms with Crippen LogP contribution in [0.2, 0.25) is 0 Å². The molecule has 1 saturated carbocycles. The summed E-state index contributed by atoms with van der Waals surface area (Å²) >= 11 is 0. The minimum Gasteiger partial charge on any atom is -0.0654 e. The zero-order valence-corrected chi connectivity index (χ0v) is 8.32. The molecule has 0 aliphatic heterocycles. The van der Waals surface area contributed by atoms with Gasteiger partial charge in [-0.2, -0.15) is 0 Å². The van der Waals surface area contributed by atoms with Gasteiger partial charge in [-0.3, -0.25) is 0 Å². The minimum atomic E-state index is 0.810. The van der Waals surface area contributed by atoms with E-state index in [9.17, 15) is 0 Å². The van der Waals surface area contributed by atoms with Gasteiger partial charge < -0.3 is 0 Å². The molecule has 1 unspecified atom stereocenters. The quantitative estimate of drug-likeness (QED) is 0.561. The summed E-state index contributed by atoms with van der Waals surface area (Å²) in [5.74, 6) is 1.04. The molecule has 0 nitrogen and oxygen atoms in total. The molecule has 0 heteroatoms. The zero-order chi connectivity index (χ0) is 8.32. The molecule has 0 heterocycles. The van der Waals surface area contributed by atoms with Crippen molar-refractivity contribution in [3.05, 3.63) is 0 Å². The van der Waals surface area contributed by atoms with Crippen molar-refractivity contribution in [3.63, 3.8) is 0 Å². The van der Waals surface area contributed by atoms with E-state index in [4.69, 9.17) is 0 Å². The van der Waals surface area contributed by atoms with Crippen molar-refractivity contribution in [1.82, 2.24) is 0 Å². The molecule has 1 fully saturated rings. The van der Waals surface area contributed by atoms with Gasteiger partial charge in [0.25, 0.3) is 0 Å².